The normalized spacial score (nSPS) is 10.6. The summed E-state index contributed by atoms with van der Waals surface area (Å²) in [5.41, 5.74) is 3.24. The fourth-order valence-corrected chi connectivity index (χ4v) is 2.96. The van der Waals surface area contributed by atoms with Crippen molar-refractivity contribution in [3.63, 3.8) is 0 Å². The molecule has 0 fully saturated rings. The van der Waals surface area contributed by atoms with Crippen molar-refractivity contribution < 1.29 is 9.53 Å². The number of rotatable bonds is 6. The molecule has 27 heavy (non-hydrogen) atoms. The van der Waals surface area contributed by atoms with E-state index in [1.54, 1.807) is 7.11 Å². The van der Waals surface area contributed by atoms with Crippen LogP contribution >= 0.6 is 0 Å². The van der Waals surface area contributed by atoms with Crippen LogP contribution in [0.15, 0.2) is 53.3 Å². The molecule has 0 atom stereocenters. The van der Waals surface area contributed by atoms with Gasteiger partial charge >= 0.3 is 6.03 Å². The van der Waals surface area contributed by atoms with E-state index in [1.807, 2.05) is 55.5 Å². The number of fused-ring (bicyclic) bond motifs is 1. The second kappa shape index (κ2) is 8.40. The number of aryl methyl sites for hydroxylation is 1. The van der Waals surface area contributed by atoms with Gasteiger partial charge in [-0.2, -0.15) is 0 Å². The third-order valence-electron chi connectivity index (χ3n) is 4.47. The van der Waals surface area contributed by atoms with E-state index in [4.69, 9.17) is 4.74 Å². The van der Waals surface area contributed by atoms with E-state index in [0.717, 1.165) is 16.5 Å². The van der Waals surface area contributed by atoms with E-state index >= 15 is 0 Å². The van der Waals surface area contributed by atoms with Crippen LogP contribution in [0.4, 0.5) is 4.79 Å². The number of amides is 2. The van der Waals surface area contributed by atoms with Crippen LogP contribution in [0, 0.1) is 6.92 Å². The van der Waals surface area contributed by atoms with Crippen LogP contribution in [0.3, 0.4) is 0 Å². The SMILES string of the molecule is COc1ccc(C)c2cc(CCNC(=O)NCc3ccccc3)c(=O)[nH]c12. The first-order chi connectivity index (χ1) is 13.1. The molecule has 0 saturated carbocycles. The van der Waals surface area contributed by atoms with Crippen molar-refractivity contribution in [2.24, 2.45) is 0 Å². The summed E-state index contributed by atoms with van der Waals surface area (Å²) in [7, 11) is 1.58. The summed E-state index contributed by atoms with van der Waals surface area (Å²) in [4.78, 5) is 27.2. The van der Waals surface area contributed by atoms with Crippen molar-refractivity contribution in [1.82, 2.24) is 15.6 Å². The number of aromatic amines is 1. The van der Waals surface area contributed by atoms with Gasteiger partial charge in [-0.15, -0.1) is 0 Å². The molecule has 1 heterocycles. The highest BCUT2D eigenvalue weighted by molar-refractivity contribution is 5.87. The Bertz CT molecular complexity index is 997. The Balaban J connectivity index is 1.61. The molecule has 0 bridgehead atoms. The van der Waals surface area contributed by atoms with Crippen LogP contribution in [-0.2, 0) is 13.0 Å². The van der Waals surface area contributed by atoms with Crippen LogP contribution < -0.4 is 20.9 Å². The number of nitrogens with one attached hydrogen (secondary N) is 3. The number of methoxy groups -OCH3 is 1. The summed E-state index contributed by atoms with van der Waals surface area (Å²) in [6, 6.07) is 15.1. The molecule has 3 rings (SSSR count). The van der Waals surface area contributed by atoms with Crippen LogP contribution in [0.5, 0.6) is 5.75 Å². The quantitative estimate of drug-likeness (QED) is 0.628. The number of urea groups is 1. The zero-order valence-corrected chi connectivity index (χ0v) is 15.5. The number of pyridine rings is 1. The predicted octanol–water partition coefficient (Wildman–Crippen LogP) is 2.89. The molecule has 0 aliphatic heterocycles. The van der Waals surface area contributed by atoms with E-state index in [-0.39, 0.29) is 11.6 Å². The minimum absolute atomic E-state index is 0.169. The zero-order chi connectivity index (χ0) is 19.2. The Morgan fingerprint density at radius 2 is 1.89 bits per heavy atom. The first kappa shape index (κ1) is 18.5. The van der Waals surface area contributed by atoms with Crippen molar-refractivity contribution in [2.75, 3.05) is 13.7 Å². The van der Waals surface area contributed by atoms with Gasteiger partial charge in [0.05, 0.1) is 12.6 Å². The zero-order valence-electron chi connectivity index (χ0n) is 15.5. The largest absolute Gasteiger partial charge is 0.495 e. The van der Waals surface area contributed by atoms with E-state index in [1.165, 1.54) is 0 Å². The van der Waals surface area contributed by atoms with Crippen molar-refractivity contribution in [2.45, 2.75) is 19.9 Å². The predicted molar refractivity (Wildman–Crippen MR) is 106 cm³/mol. The molecule has 2 aromatic carbocycles. The summed E-state index contributed by atoms with van der Waals surface area (Å²) < 4.78 is 5.32. The fraction of sp³-hybridized carbons (Fsp3) is 0.238. The highest BCUT2D eigenvalue weighted by Crippen LogP contribution is 2.25. The van der Waals surface area contributed by atoms with E-state index in [0.29, 0.717) is 36.3 Å². The van der Waals surface area contributed by atoms with Crippen molar-refractivity contribution in [1.29, 1.82) is 0 Å². The Labute approximate surface area is 157 Å². The Morgan fingerprint density at radius 3 is 2.63 bits per heavy atom. The number of carbonyl (C=O) groups is 1. The average Bonchev–Trinajstić information content (AvgIpc) is 2.68. The van der Waals surface area contributed by atoms with Gasteiger partial charge in [-0.1, -0.05) is 36.4 Å². The third kappa shape index (κ3) is 4.47. The van der Waals surface area contributed by atoms with Gasteiger partial charge in [0.1, 0.15) is 5.75 Å². The number of benzene rings is 2. The van der Waals surface area contributed by atoms with Crippen LogP contribution in [0.25, 0.3) is 10.9 Å². The van der Waals surface area contributed by atoms with Gasteiger partial charge in [-0.25, -0.2) is 4.79 Å². The lowest BCUT2D eigenvalue weighted by atomic mass is 10.1. The fourth-order valence-electron chi connectivity index (χ4n) is 2.96. The number of hydrogen-bond donors (Lipinski definition) is 3. The topological polar surface area (TPSA) is 83.2 Å². The number of hydrogen-bond acceptors (Lipinski definition) is 3. The standard InChI is InChI=1S/C21H23N3O3/c1-14-8-9-18(27-2)19-17(14)12-16(20(25)24-19)10-11-22-21(26)23-13-15-6-4-3-5-7-15/h3-9,12H,10-11,13H2,1-2H3,(H,24,25)(H2,22,23,26). The number of ether oxygens (including phenoxy) is 1. The van der Waals surface area contributed by atoms with Crippen molar-refractivity contribution >= 4 is 16.9 Å². The molecular formula is C21H23N3O3. The maximum atomic E-state index is 12.4. The Hall–Kier alpha value is -3.28. The van der Waals surface area contributed by atoms with E-state index in [9.17, 15) is 9.59 Å². The lowest BCUT2D eigenvalue weighted by molar-refractivity contribution is 0.240. The van der Waals surface area contributed by atoms with Gasteiger partial charge in [0.15, 0.2) is 0 Å². The molecule has 3 aromatic rings. The molecule has 2 amide bonds. The highest BCUT2D eigenvalue weighted by Gasteiger charge is 2.09. The average molecular weight is 365 g/mol. The maximum absolute atomic E-state index is 12.4. The summed E-state index contributed by atoms with van der Waals surface area (Å²) in [5, 5.41) is 6.53. The first-order valence-electron chi connectivity index (χ1n) is 8.83. The molecule has 3 N–H and O–H groups in total. The second-order valence-electron chi connectivity index (χ2n) is 6.34. The molecule has 140 valence electrons. The monoisotopic (exact) mass is 365 g/mol. The second-order valence-corrected chi connectivity index (χ2v) is 6.34. The van der Waals surface area contributed by atoms with Gasteiger partial charge in [0.25, 0.3) is 5.56 Å². The molecular weight excluding hydrogens is 342 g/mol. The van der Waals surface area contributed by atoms with Gasteiger partial charge < -0.3 is 20.4 Å². The molecule has 6 nitrogen and oxygen atoms in total. The van der Waals surface area contributed by atoms with Gasteiger partial charge in [-0.3, -0.25) is 4.79 Å². The summed E-state index contributed by atoms with van der Waals surface area (Å²) >= 11 is 0. The van der Waals surface area contributed by atoms with Gasteiger partial charge in [0.2, 0.25) is 0 Å². The Kier molecular flexibility index (Phi) is 5.76. The lowest BCUT2D eigenvalue weighted by Crippen LogP contribution is -2.36. The van der Waals surface area contributed by atoms with Crippen molar-refractivity contribution in [3.8, 4) is 5.75 Å². The molecule has 0 aliphatic carbocycles. The van der Waals surface area contributed by atoms with E-state index in [2.05, 4.69) is 15.6 Å². The maximum Gasteiger partial charge on any atom is 0.315 e. The molecule has 0 spiro atoms. The summed E-state index contributed by atoms with van der Waals surface area (Å²) in [5.74, 6) is 0.637. The van der Waals surface area contributed by atoms with Crippen LogP contribution in [0.1, 0.15) is 16.7 Å². The molecule has 0 unspecified atom stereocenters. The summed E-state index contributed by atoms with van der Waals surface area (Å²) in [6.07, 6.45) is 0.445. The number of aromatic nitrogens is 1. The first-order valence-corrected chi connectivity index (χ1v) is 8.83. The minimum Gasteiger partial charge on any atom is -0.495 e. The van der Waals surface area contributed by atoms with Crippen LogP contribution in [-0.4, -0.2) is 24.7 Å². The smallest absolute Gasteiger partial charge is 0.315 e. The van der Waals surface area contributed by atoms with Gasteiger partial charge in [-0.05, 0) is 36.6 Å². The van der Waals surface area contributed by atoms with E-state index < -0.39 is 0 Å². The minimum atomic E-state index is -0.256. The lowest BCUT2D eigenvalue weighted by Gasteiger charge is -2.10. The molecule has 0 saturated heterocycles. The molecule has 1 aromatic heterocycles. The van der Waals surface area contributed by atoms with Crippen molar-refractivity contribution in [3.05, 3.63) is 75.6 Å². The Morgan fingerprint density at radius 1 is 1.11 bits per heavy atom. The summed E-state index contributed by atoms with van der Waals surface area (Å²) in [6.45, 7) is 2.82. The van der Waals surface area contributed by atoms with Crippen LogP contribution in [0.2, 0.25) is 0 Å². The number of H-pyrrole nitrogens is 1. The number of carbonyl (C=O) groups excluding carboxylic acids is 1. The highest BCUT2D eigenvalue weighted by atomic mass is 16.5. The van der Waals surface area contributed by atoms with Gasteiger partial charge in [0, 0.05) is 24.0 Å². The molecule has 0 radical (unpaired) electrons. The third-order valence-corrected chi connectivity index (χ3v) is 4.47. The molecule has 6 heteroatoms. The molecule has 0 aliphatic rings.